The molecule has 3 nitrogen and oxygen atoms in total. The smallest absolute Gasteiger partial charge is 0.307 e. The zero-order valence-electron chi connectivity index (χ0n) is 18.5. The van der Waals surface area contributed by atoms with Crippen LogP contribution < -0.4 is 20.1 Å². The second-order valence-corrected chi connectivity index (χ2v) is 12.0. The Kier molecular flexibility index (Phi) is 6.09. The number of hydrogen-bond acceptors (Lipinski definition) is 3. The molecule has 0 aliphatic carbocycles. The van der Waals surface area contributed by atoms with Crippen LogP contribution in [0.3, 0.4) is 0 Å². The number of carbonyl (C=O) groups is 1. The largest absolute Gasteiger partial charge is 0.466 e. The third-order valence-corrected chi connectivity index (χ3v) is 11.3. The van der Waals surface area contributed by atoms with Gasteiger partial charge in [-0.15, -0.1) is 0 Å². The monoisotopic (exact) mass is 449 g/mol. The molecule has 4 aromatic carbocycles. The van der Waals surface area contributed by atoms with E-state index in [1.807, 2.05) is 6.07 Å². The van der Waals surface area contributed by atoms with E-state index >= 15 is 0 Å². The van der Waals surface area contributed by atoms with Gasteiger partial charge in [0.15, 0.2) is 0 Å². The van der Waals surface area contributed by atoms with Gasteiger partial charge in [0.1, 0.15) is 0 Å². The first-order valence-electron chi connectivity index (χ1n) is 11.5. The van der Waals surface area contributed by atoms with Crippen molar-refractivity contribution in [2.45, 2.75) is 18.9 Å². The Labute approximate surface area is 196 Å². The van der Waals surface area contributed by atoms with Crippen molar-refractivity contribution >= 4 is 35.5 Å². The van der Waals surface area contributed by atoms with Crippen LogP contribution in [0.2, 0.25) is 0 Å². The molecule has 1 aliphatic rings. The Bertz CT molecular complexity index is 1090. The number of esters is 1. The lowest BCUT2D eigenvalue weighted by Crippen LogP contribution is -2.79. The summed E-state index contributed by atoms with van der Waals surface area (Å²) in [5.41, 5.74) is 1.14. The zero-order chi connectivity index (χ0) is 22.5. The van der Waals surface area contributed by atoms with Gasteiger partial charge in [0.25, 0.3) is 8.24 Å². The molecule has 0 radical (unpaired) electrons. The van der Waals surface area contributed by atoms with Crippen molar-refractivity contribution in [1.82, 2.24) is 0 Å². The molecule has 0 amide bonds. The molecule has 0 saturated carbocycles. The Morgan fingerprint density at radius 3 is 1.48 bits per heavy atom. The number of cyclic esters (lactones) is 1. The number of anilines is 1. The average molecular weight is 450 g/mol. The number of nitrogens with zero attached hydrogens (tertiary/aromatic N) is 1. The average Bonchev–Trinajstić information content (AvgIpc) is 2.89. The van der Waals surface area contributed by atoms with Crippen LogP contribution in [0, 0.1) is 0 Å². The van der Waals surface area contributed by atoms with Crippen LogP contribution in [0.1, 0.15) is 12.8 Å². The number of benzene rings is 4. The van der Waals surface area contributed by atoms with E-state index < -0.39 is 8.24 Å². The van der Waals surface area contributed by atoms with Crippen LogP contribution in [-0.4, -0.2) is 26.9 Å². The van der Waals surface area contributed by atoms with Crippen molar-refractivity contribution in [3.63, 3.8) is 0 Å². The van der Waals surface area contributed by atoms with Crippen LogP contribution in [-0.2, 0) is 9.53 Å². The summed E-state index contributed by atoms with van der Waals surface area (Å²) in [7, 11) is -2.79. The van der Waals surface area contributed by atoms with E-state index in [1.54, 1.807) is 0 Å². The van der Waals surface area contributed by atoms with Crippen molar-refractivity contribution in [2.75, 3.05) is 11.2 Å². The molecule has 4 aromatic rings. The predicted octanol–water partition coefficient (Wildman–Crippen LogP) is 3.87. The summed E-state index contributed by atoms with van der Waals surface area (Å²) in [6.07, 6.45) is 1.19. The van der Waals surface area contributed by atoms with Gasteiger partial charge in [-0.25, -0.2) is 0 Å². The van der Waals surface area contributed by atoms with Crippen molar-refractivity contribution in [3.05, 3.63) is 121 Å². The summed E-state index contributed by atoms with van der Waals surface area (Å²) in [6, 6.07) is 43.1. The second-order valence-electron chi connectivity index (χ2n) is 8.38. The molecule has 33 heavy (non-hydrogen) atoms. The minimum absolute atomic E-state index is 0.0425. The Morgan fingerprint density at radius 1 is 0.636 bits per heavy atom. The quantitative estimate of drug-likeness (QED) is 0.254. The molecule has 1 heterocycles. The molecule has 0 bridgehead atoms. The van der Waals surface area contributed by atoms with Crippen LogP contribution >= 0.6 is 0 Å². The number of hydrogen-bond donors (Lipinski definition) is 0. The van der Waals surface area contributed by atoms with E-state index in [0.29, 0.717) is 13.0 Å². The molecule has 1 atom stereocenters. The van der Waals surface area contributed by atoms with Gasteiger partial charge in [0, 0.05) is 18.2 Å². The van der Waals surface area contributed by atoms with Gasteiger partial charge >= 0.3 is 5.97 Å². The Hall–Kier alpha value is -3.63. The summed E-state index contributed by atoms with van der Waals surface area (Å²) in [6.45, 7) is 0.454. The molecule has 1 aliphatic heterocycles. The highest BCUT2D eigenvalue weighted by atomic mass is 28.3. The summed E-state index contributed by atoms with van der Waals surface area (Å²) in [5, 5.41) is 3.89. The maximum absolute atomic E-state index is 12.5. The summed E-state index contributed by atoms with van der Waals surface area (Å²) in [5.74, 6) is -0.121. The Morgan fingerprint density at radius 2 is 1.06 bits per heavy atom. The molecule has 0 spiro atoms. The topological polar surface area (TPSA) is 29.5 Å². The first kappa shape index (κ1) is 21.2. The van der Waals surface area contributed by atoms with Crippen molar-refractivity contribution < 1.29 is 9.53 Å². The van der Waals surface area contributed by atoms with Gasteiger partial charge in [-0.1, -0.05) is 109 Å². The molecule has 164 valence electrons. The number of carbonyl (C=O) groups excluding carboxylic acids is 1. The first-order chi connectivity index (χ1) is 16.3. The number of ether oxygens (including phenoxy) is 1. The van der Waals surface area contributed by atoms with Crippen LogP contribution in [0.4, 0.5) is 5.69 Å². The molecule has 1 saturated heterocycles. The van der Waals surface area contributed by atoms with Crippen molar-refractivity contribution in [3.8, 4) is 0 Å². The molecule has 0 N–H and O–H groups in total. The summed E-state index contributed by atoms with van der Waals surface area (Å²) < 4.78 is 7.96. The van der Waals surface area contributed by atoms with E-state index in [2.05, 4.69) is 120 Å². The molecular formula is C29H27NO2Si. The van der Waals surface area contributed by atoms with E-state index in [0.717, 1.165) is 12.1 Å². The third-order valence-electron chi connectivity index (χ3n) is 6.45. The van der Waals surface area contributed by atoms with Gasteiger partial charge in [0.2, 0.25) is 0 Å². The normalized spacial score (nSPS) is 16.1. The lowest BCUT2D eigenvalue weighted by atomic mass is 10.1. The maximum atomic E-state index is 12.5. The molecule has 1 fully saturated rings. The van der Waals surface area contributed by atoms with E-state index in [4.69, 9.17) is 4.74 Å². The fourth-order valence-electron chi connectivity index (χ4n) is 5.10. The molecule has 5 rings (SSSR count). The van der Waals surface area contributed by atoms with Crippen molar-refractivity contribution in [1.29, 1.82) is 0 Å². The van der Waals surface area contributed by atoms with Gasteiger partial charge in [-0.3, -0.25) is 4.79 Å². The van der Waals surface area contributed by atoms with E-state index in [-0.39, 0.29) is 12.0 Å². The predicted molar refractivity (Wildman–Crippen MR) is 137 cm³/mol. The maximum Gasteiger partial charge on any atom is 0.307 e. The van der Waals surface area contributed by atoms with Gasteiger partial charge < -0.3 is 9.30 Å². The van der Waals surface area contributed by atoms with Crippen LogP contribution in [0.5, 0.6) is 0 Å². The zero-order valence-corrected chi connectivity index (χ0v) is 19.5. The van der Waals surface area contributed by atoms with E-state index in [1.165, 1.54) is 15.6 Å². The molecular weight excluding hydrogens is 422 g/mol. The third kappa shape index (κ3) is 3.98. The first-order valence-corrected chi connectivity index (χ1v) is 13.4. The minimum atomic E-state index is -2.79. The lowest BCUT2D eigenvalue weighted by Gasteiger charge is -2.49. The summed E-state index contributed by atoms with van der Waals surface area (Å²) in [4.78, 5) is 12.5. The minimum Gasteiger partial charge on any atom is -0.466 e. The van der Waals surface area contributed by atoms with Gasteiger partial charge in [-0.2, -0.15) is 0 Å². The molecule has 0 aromatic heterocycles. The van der Waals surface area contributed by atoms with Gasteiger partial charge in [0.05, 0.1) is 13.0 Å². The Balaban J connectivity index is 1.87. The fraction of sp³-hybridized carbons (Fsp3) is 0.138. The van der Waals surface area contributed by atoms with E-state index in [9.17, 15) is 4.79 Å². The highest BCUT2D eigenvalue weighted by Gasteiger charge is 2.49. The summed E-state index contributed by atoms with van der Waals surface area (Å²) >= 11 is 0. The van der Waals surface area contributed by atoms with Crippen LogP contribution in [0.25, 0.3) is 0 Å². The molecule has 4 heteroatoms. The van der Waals surface area contributed by atoms with Gasteiger partial charge in [-0.05, 0) is 27.7 Å². The fourth-order valence-corrected chi connectivity index (χ4v) is 10.3. The van der Waals surface area contributed by atoms with Crippen molar-refractivity contribution in [2.24, 2.45) is 0 Å². The number of para-hydroxylation sites is 1. The highest BCUT2D eigenvalue weighted by molar-refractivity contribution is 7.13. The standard InChI is InChI=1S/C29H27NO2Si/c31-29-23-25(21-22-32-29)30(24-13-5-1-6-14-24)33(26-15-7-2-8-16-26,27-17-9-3-10-18-27)28-19-11-4-12-20-28/h1-20,25H,21-23H2. The lowest BCUT2D eigenvalue weighted by molar-refractivity contribution is -0.147. The number of rotatable bonds is 6. The van der Waals surface area contributed by atoms with Crippen LogP contribution in [0.15, 0.2) is 121 Å². The second kappa shape index (κ2) is 9.47. The molecule has 1 unspecified atom stereocenters. The highest BCUT2D eigenvalue weighted by Crippen LogP contribution is 2.29. The SMILES string of the molecule is O=C1CC(N(c2ccccc2)[Si](c2ccccc2)(c2ccccc2)c2ccccc2)CCO1.